The molecule has 0 bridgehead atoms. The first kappa shape index (κ1) is 12.8. The van der Waals surface area contributed by atoms with Crippen LogP contribution in [0.15, 0.2) is 10.7 Å². The zero-order chi connectivity index (χ0) is 14.1. The summed E-state index contributed by atoms with van der Waals surface area (Å²) in [6.07, 6.45) is 3.57. The van der Waals surface area contributed by atoms with Crippen LogP contribution in [0.1, 0.15) is 46.8 Å². The minimum Gasteiger partial charge on any atom is -0.340 e. The highest BCUT2D eigenvalue weighted by Gasteiger charge is 2.29. The minimum absolute atomic E-state index is 0.0667. The number of aromatic amines is 1. The first-order valence-electron chi connectivity index (χ1n) is 6.74. The number of nitrogens with zero attached hydrogens (tertiary/aromatic N) is 4. The number of aromatic nitrogens is 4. The summed E-state index contributed by atoms with van der Waals surface area (Å²) < 4.78 is 5.02. The molecule has 106 valence electrons. The molecular formula is C13H17N5O2. The molecular weight excluding hydrogens is 258 g/mol. The topological polar surface area (TPSA) is 87.9 Å². The molecule has 20 heavy (non-hydrogen) atoms. The molecule has 7 nitrogen and oxygen atoms in total. The zero-order valence-corrected chi connectivity index (χ0v) is 11.6. The molecule has 2 aromatic heterocycles. The van der Waals surface area contributed by atoms with Crippen LogP contribution in [-0.4, -0.2) is 44.0 Å². The SMILES string of the molecule is Cc1cnc(C(=O)N2CCC[C@@H](c3noc(C)n3)C2)[nH]1. The van der Waals surface area contributed by atoms with Crippen molar-refractivity contribution in [2.24, 2.45) is 0 Å². The highest BCUT2D eigenvalue weighted by Crippen LogP contribution is 2.25. The lowest BCUT2D eigenvalue weighted by atomic mass is 9.97. The van der Waals surface area contributed by atoms with E-state index in [2.05, 4.69) is 20.1 Å². The maximum absolute atomic E-state index is 12.4. The number of nitrogens with one attached hydrogen (secondary N) is 1. The largest absolute Gasteiger partial charge is 0.340 e. The fourth-order valence-corrected chi connectivity index (χ4v) is 2.52. The van der Waals surface area contributed by atoms with Gasteiger partial charge in [0.2, 0.25) is 5.89 Å². The van der Waals surface area contributed by atoms with Crippen molar-refractivity contribution in [1.29, 1.82) is 0 Å². The maximum Gasteiger partial charge on any atom is 0.289 e. The van der Waals surface area contributed by atoms with Gasteiger partial charge >= 0.3 is 0 Å². The second kappa shape index (κ2) is 5.07. The van der Waals surface area contributed by atoms with Crippen LogP contribution in [0, 0.1) is 13.8 Å². The van der Waals surface area contributed by atoms with Crippen LogP contribution < -0.4 is 0 Å². The Morgan fingerprint density at radius 3 is 3.00 bits per heavy atom. The lowest BCUT2D eigenvalue weighted by Crippen LogP contribution is -2.39. The van der Waals surface area contributed by atoms with E-state index in [9.17, 15) is 4.79 Å². The highest BCUT2D eigenvalue weighted by atomic mass is 16.5. The third-order valence-corrected chi connectivity index (χ3v) is 3.52. The molecule has 0 spiro atoms. The predicted molar refractivity (Wildman–Crippen MR) is 70.2 cm³/mol. The van der Waals surface area contributed by atoms with E-state index in [1.54, 1.807) is 18.0 Å². The summed E-state index contributed by atoms with van der Waals surface area (Å²) in [5.74, 6) is 1.72. The van der Waals surface area contributed by atoms with Crippen LogP contribution in [-0.2, 0) is 0 Å². The fraction of sp³-hybridized carbons (Fsp3) is 0.538. The lowest BCUT2D eigenvalue weighted by molar-refractivity contribution is 0.0692. The van der Waals surface area contributed by atoms with Crippen LogP contribution in [0.3, 0.4) is 0 Å². The van der Waals surface area contributed by atoms with Gasteiger partial charge in [0.25, 0.3) is 5.91 Å². The van der Waals surface area contributed by atoms with Gasteiger partial charge in [-0.1, -0.05) is 5.16 Å². The molecule has 1 fully saturated rings. The summed E-state index contributed by atoms with van der Waals surface area (Å²) in [5, 5.41) is 3.96. The molecule has 0 aliphatic carbocycles. The summed E-state index contributed by atoms with van der Waals surface area (Å²) in [4.78, 5) is 25.5. The van der Waals surface area contributed by atoms with Crippen molar-refractivity contribution in [1.82, 2.24) is 25.0 Å². The summed E-state index contributed by atoms with van der Waals surface area (Å²) in [7, 11) is 0. The van der Waals surface area contributed by atoms with Crippen molar-refractivity contribution < 1.29 is 9.32 Å². The predicted octanol–water partition coefficient (Wildman–Crippen LogP) is 1.43. The first-order chi connectivity index (χ1) is 9.63. The van der Waals surface area contributed by atoms with Gasteiger partial charge in [-0.2, -0.15) is 4.98 Å². The van der Waals surface area contributed by atoms with Crippen LogP contribution >= 0.6 is 0 Å². The third kappa shape index (κ3) is 2.43. The molecule has 1 aliphatic rings. The molecule has 0 radical (unpaired) electrons. The van der Waals surface area contributed by atoms with E-state index < -0.39 is 0 Å². The summed E-state index contributed by atoms with van der Waals surface area (Å²) in [6.45, 7) is 5.00. The summed E-state index contributed by atoms with van der Waals surface area (Å²) in [5.41, 5.74) is 0.885. The van der Waals surface area contributed by atoms with Gasteiger partial charge in [0.15, 0.2) is 11.6 Å². The lowest BCUT2D eigenvalue weighted by Gasteiger charge is -2.30. The Morgan fingerprint density at radius 2 is 2.35 bits per heavy atom. The Bertz CT molecular complexity index is 618. The van der Waals surface area contributed by atoms with E-state index in [0.29, 0.717) is 24.1 Å². The fourth-order valence-electron chi connectivity index (χ4n) is 2.52. The molecule has 1 amide bonds. The van der Waals surface area contributed by atoms with Crippen LogP contribution in [0.5, 0.6) is 0 Å². The van der Waals surface area contributed by atoms with Crippen molar-refractivity contribution in [2.45, 2.75) is 32.6 Å². The Balaban J connectivity index is 1.73. The van der Waals surface area contributed by atoms with Gasteiger partial charge in [-0.25, -0.2) is 4.98 Å². The molecule has 1 atom stereocenters. The molecule has 7 heteroatoms. The molecule has 3 rings (SSSR count). The Labute approximate surface area is 116 Å². The molecule has 0 unspecified atom stereocenters. The summed E-state index contributed by atoms with van der Waals surface area (Å²) in [6, 6.07) is 0. The smallest absolute Gasteiger partial charge is 0.289 e. The molecule has 1 saturated heterocycles. The van der Waals surface area contributed by atoms with E-state index >= 15 is 0 Å². The van der Waals surface area contributed by atoms with Gasteiger partial charge in [0.1, 0.15) is 0 Å². The number of amides is 1. The van der Waals surface area contributed by atoms with E-state index in [4.69, 9.17) is 4.52 Å². The first-order valence-corrected chi connectivity index (χ1v) is 6.74. The van der Waals surface area contributed by atoms with Gasteiger partial charge in [-0.3, -0.25) is 4.79 Å². The number of carbonyl (C=O) groups is 1. The van der Waals surface area contributed by atoms with E-state index in [0.717, 1.165) is 25.1 Å². The van der Waals surface area contributed by atoms with Crippen LogP contribution in [0.4, 0.5) is 0 Å². The standard InChI is InChI=1S/C13H17N5O2/c1-8-6-14-12(15-8)13(19)18-5-3-4-10(7-18)11-16-9(2)20-17-11/h6,10H,3-5,7H2,1-2H3,(H,14,15)/t10-/m1/s1. The van der Waals surface area contributed by atoms with Crippen molar-refractivity contribution >= 4 is 5.91 Å². The quantitative estimate of drug-likeness (QED) is 0.895. The average Bonchev–Trinajstić information content (AvgIpc) is 3.07. The highest BCUT2D eigenvalue weighted by molar-refractivity contribution is 5.90. The van der Waals surface area contributed by atoms with Crippen molar-refractivity contribution in [3.05, 3.63) is 29.4 Å². The Kier molecular flexibility index (Phi) is 3.25. The minimum atomic E-state index is -0.0667. The Morgan fingerprint density at radius 1 is 1.50 bits per heavy atom. The molecule has 1 aliphatic heterocycles. The monoisotopic (exact) mass is 275 g/mol. The number of aryl methyl sites for hydroxylation is 2. The second-order valence-corrected chi connectivity index (χ2v) is 5.18. The van der Waals surface area contributed by atoms with E-state index in [1.807, 2.05) is 6.92 Å². The number of likely N-dealkylation sites (tertiary alicyclic amines) is 1. The number of rotatable bonds is 2. The number of imidazole rings is 1. The van der Waals surface area contributed by atoms with Gasteiger partial charge in [0, 0.05) is 37.8 Å². The molecule has 0 aromatic carbocycles. The molecule has 2 aromatic rings. The molecule has 1 N–H and O–H groups in total. The normalized spacial score (nSPS) is 19.3. The number of H-pyrrole nitrogens is 1. The number of hydrogen-bond donors (Lipinski definition) is 1. The van der Waals surface area contributed by atoms with Gasteiger partial charge in [0.05, 0.1) is 0 Å². The zero-order valence-electron chi connectivity index (χ0n) is 11.6. The van der Waals surface area contributed by atoms with E-state index in [1.165, 1.54) is 0 Å². The van der Waals surface area contributed by atoms with Crippen molar-refractivity contribution in [3.63, 3.8) is 0 Å². The van der Waals surface area contributed by atoms with Crippen molar-refractivity contribution in [2.75, 3.05) is 13.1 Å². The van der Waals surface area contributed by atoms with Crippen LogP contribution in [0.25, 0.3) is 0 Å². The van der Waals surface area contributed by atoms with Crippen molar-refractivity contribution in [3.8, 4) is 0 Å². The second-order valence-electron chi connectivity index (χ2n) is 5.18. The molecule has 3 heterocycles. The van der Waals surface area contributed by atoms with Gasteiger partial charge in [-0.15, -0.1) is 0 Å². The van der Waals surface area contributed by atoms with Crippen LogP contribution in [0.2, 0.25) is 0 Å². The average molecular weight is 275 g/mol. The Hall–Kier alpha value is -2.18. The summed E-state index contributed by atoms with van der Waals surface area (Å²) >= 11 is 0. The number of piperidine rings is 1. The van der Waals surface area contributed by atoms with E-state index in [-0.39, 0.29) is 11.8 Å². The number of hydrogen-bond acceptors (Lipinski definition) is 5. The van der Waals surface area contributed by atoms with Gasteiger partial charge < -0.3 is 14.4 Å². The van der Waals surface area contributed by atoms with Gasteiger partial charge in [-0.05, 0) is 19.8 Å². The number of carbonyl (C=O) groups excluding carboxylic acids is 1. The third-order valence-electron chi connectivity index (χ3n) is 3.52. The maximum atomic E-state index is 12.4. The molecule has 0 saturated carbocycles.